The van der Waals surface area contributed by atoms with Crippen molar-refractivity contribution in [2.24, 2.45) is 0 Å². The molecule has 0 spiro atoms. The molecule has 0 bridgehead atoms. The Balaban J connectivity index is 2.75. The zero-order valence-corrected chi connectivity index (χ0v) is 8.10. The molecule has 0 aromatic heterocycles. The van der Waals surface area contributed by atoms with Gasteiger partial charge in [0.2, 0.25) is 0 Å². The van der Waals surface area contributed by atoms with Crippen LogP contribution in [0.25, 0.3) is 0 Å². The Morgan fingerprint density at radius 2 is 2.31 bits per heavy atom. The van der Waals surface area contributed by atoms with Crippen molar-refractivity contribution in [3.05, 3.63) is 23.8 Å². The third-order valence-corrected chi connectivity index (χ3v) is 2.71. The summed E-state index contributed by atoms with van der Waals surface area (Å²) in [6.45, 7) is 1.93. The van der Waals surface area contributed by atoms with Crippen LogP contribution in [0.5, 0.6) is 0 Å². The minimum absolute atomic E-state index is 0.0737. The van der Waals surface area contributed by atoms with Gasteiger partial charge in [-0.25, -0.2) is 0 Å². The van der Waals surface area contributed by atoms with Gasteiger partial charge in [-0.2, -0.15) is 0 Å². The zero-order valence-electron chi connectivity index (χ0n) is 7.28. The van der Waals surface area contributed by atoms with E-state index < -0.39 is 5.97 Å². The Labute approximate surface area is 80.9 Å². The monoisotopic (exact) mass is 197 g/mol. The van der Waals surface area contributed by atoms with Crippen LogP contribution >= 0.6 is 11.8 Å². The molecule has 0 saturated heterocycles. The predicted molar refractivity (Wildman–Crippen MR) is 54.0 cm³/mol. The van der Waals surface area contributed by atoms with E-state index in [0.29, 0.717) is 5.69 Å². The first kappa shape index (κ1) is 9.92. The summed E-state index contributed by atoms with van der Waals surface area (Å²) < 4.78 is 0. The highest BCUT2D eigenvalue weighted by atomic mass is 32.2. The Morgan fingerprint density at radius 1 is 1.62 bits per heavy atom. The van der Waals surface area contributed by atoms with Crippen molar-refractivity contribution >= 4 is 23.4 Å². The summed E-state index contributed by atoms with van der Waals surface area (Å²) in [6, 6.07) is 5.49. The minimum Gasteiger partial charge on any atom is -0.481 e. The molecular formula is C9H11NO2S. The summed E-state index contributed by atoms with van der Waals surface area (Å²) >= 11 is 1.29. The highest BCUT2D eigenvalue weighted by Gasteiger charge is 2.02. The number of carbonyl (C=O) groups is 1. The lowest BCUT2D eigenvalue weighted by Gasteiger charge is -2.04. The quantitative estimate of drug-likeness (QED) is 0.572. The largest absolute Gasteiger partial charge is 0.481 e. The molecule has 0 saturated carbocycles. The second kappa shape index (κ2) is 4.18. The summed E-state index contributed by atoms with van der Waals surface area (Å²) in [6.07, 6.45) is 0. The van der Waals surface area contributed by atoms with E-state index in [9.17, 15) is 4.79 Å². The van der Waals surface area contributed by atoms with E-state index in [1.807, 2.05) is 13.0 Å². The Bertz CT molecular complexity index is 325. The number of anilines is 1. The number of nitrogen functional groups attached to an aromatic ring is 1. The SMILES string of the molecule is Cc1ccc(N)cc1SCC(=O)O. The summed E-state index contributed by atoms with van der Waals surface area (Å²) in [4.78, 5) is 11.2. The lowest BCUT2D eigenvalue weighted by molar-refractivity contribution is -0.133. The Hall–Kier alpha value is -1.16. The van der Waals surface area contributed by atoms with Crippen LogP contribution in [0.15, 0.2) is 23.1 Å². The molecule has 0 atom stereocenters. The van der Waals surface area contributed by atoms with Crippen LogP contribution in [0.2, 0.25) is 0 Å². The topological polar surface area (TPSA) is 63.3 Å². The van der Waals surface area contributed by atoms with Crippen molar-refractivity contribution in [2.45, 2.75) is 11.8 Å². The van der Waals surface area contributed by atoms with E-state index in [1.165, 1.54) is 11.8 Å². The minimum atomic E-state index is -0.813. The molecule has 70 valence electrons. The first-order valence-corrected chi connectivity index (χ1v) is 4.79. The van der Waals surface area contributed by atoms with Crippen LogP contribution in [0.1, 0.15) is 5.56 Å². The third-order valence-electron chi connectivity index (χ3n) is 1.56. The Kier molecular flexibility index (Phi) is 3.19. The second-order valence-electron chi connectivity index (χ2n) is 2.71. The van der Waals surface area contributed by atoms with Gasteiger partial charge in [0.15, 0.2) is 0 Å². The van der Waals surface area contributed by atoms with Crippen molar-refractivity contribution in [1.29, 1.82) is 0 Å². The number of carboxylic acid groups (broad SMARTS) is 1. The van der Waals surface area contributed by atoms with E-state index in [1.54, 1.807) is 12.1 Å². The van der Waals surface area contributed by atoms with Crippen LogP contribution in [0.4, 0.5) is 5.69 Å². The van der Waals surface area contributed by atoms with Gasteiger partial charge in [-0.1, -0.05) is 6.07 Å². The second-order valence-corrected chi connectivity index (χ2v) is 3.72. The van der Waals surface area contributed by atoms with Gasteiger partial charge in [0.25, 0.3) is 0 Å². The van der Waals surface area contributed by atoms with Crippen LogP contribution in [-0.2, 0) is 4.79 Å². The summed E-state index contributed by atoms with van der Waals surface area (Å²) in [7, 11) is 0. The first-order valence-electron chi connectivity index (χ1n) is 3.80. The molecule has 1 rings (SSSR count). The number of nitrogens with two attached hydrogens (primary N) is 1. The van der Waals surface area contributed by atoms with Gasteiger partial charge in [-0.05, 0) is 24.6 Å². The molecule has 0 fully saturated rings. The number of rotatable bonds is 3. The summed E-state index contributed by atoms with van der Waals surface area (Å²) in [5.74, 6) is -0.739. The number of benzene rings is 1. The van der Waals surface area contributed by atoms with Gasteiger partial charge < -0.3 is 10.8 Å². The molecule has 3 N–H and O–H groups in total. The average Bonchev–Trinajstić information content (AvgIpc) is 2.06. The Morgan fingerprint density at radius 3 is 2.92 bits per heavy atom. The molecule has 0 aliphatic rings. The fourth-order valence-corrected chi connectivity index (χ4v) is 1.71. The smallest absolute Gasteiger partial charge is 0.313 e. The molecule has 4 heteroatoms. The van der Waals surface area contributed by atoms with Crippen molar-refractivity contribution in [1.82, 2.24) is 0 Å². The number of carboxylic acids is 1. The van der Waals surface area contributed by atoms with Gasteiger partial charge in [-0.3, -0.25) is 4.79 Å². The predicted octanol–water partition coefficient (Wildman–Crippen LogP) is 1.75. The molecule has 3 nitrogen and oxygen atoms in total. The molecule has 0 amide bonds. The van der Waals surface area contributed by atoms with E-state index in [-0.39, 0.29) is 5.75 Å². The van der Waals surface area contributed by atoms with Gasteiger partial charge >= 0.3 is 5.97 Å². The van der Waals surface area contributed by atoms with Crippen molar-refractivity contribution in [2.75, 3.05) is 11.5 Å². The molecule has 1 aromatic rings. The highest BCUT2D eigenvalue weighted by Crippen LogP contribution is 2.24. The van der Waals surface area contributed by atoms with Crippen LogP contribution in [-0.4, -0.2) is 16.8 Å². The van der Waals surface area contributed by atoms with Gasteiger partial charge in [0.1, 0.15) is 0 Å². The molecular weight excluding hydrogens is 186 g/mol. The summed E-state index contributed by atoms with van der Waals surface area (Å²) in [5, 5.41) is 8.48. The van der Waals surface area contributed by atoms with Gasteiger partial charge in [0, 0.05) is 10.6 Å². The maximum Gasteiger partial charge on any atom is 0.313 e. The van der Waals surface area contributed by atoms with E-state index in [4.69, 9.17) is 10.8 Å². The molecule has 1 aromatic carbocycles. The van der Waals surface area contributed by atoms with Crippen molar-refractivity contribution < 1.29 is 9.90 Å². The third kappa shape index (κ3) is 2.99. The fraction of sp³-hybridized carbons (Fsp3) is 0.222. The van der Waals surface area contributed by atoms with Gasteiger partial charge in [-0.15, -0.1) is 11.8 Å². The van der Waals surface area contributed by atoms with E-state index >= 15 is 0 Å². The van der Waals surface area contributed by atoms with Crippen molar-refractivity contribution in [3.63, 3.8) is 0 Å². The molecule has 0 heterocycles. The molecule has 13 heavy (non-hydrogen) atoms. The molecule has 0 aliphatic heterocycles. The lowest BCUT2D eigenvalue weighted by atomic mass is 10.2. The average molecular weight is 197 g/mol. The number of aryl methyl sites for hydroxylation is 1. The van der Waals surface area contributed by atoms with E-state index in [0.717, 1.165) is 10.5 Å². The first-order chi connectivity index (χ1) is 6.09. The number of aliphatic carboxylic acids is 1. The highest BCUT2D eigenvalue weighted by molar-refractivity contribution is 8.00. The number of hydrogen-bond acceptors (Lipinski definition) is 3. The van der Waals surface area contributed by atoms with Crippen LogP contribution in [0, 0.1) is 6.92 Å². The molecule has 0 radical (unpaired) electrons. The maximum absolute atomic E-state index is 10.3. The zero-order chi connectivity index (χ0) is 9.84. The van der Waals surface area contributed by atoms with Crippen LogP contribution in [0.3, 0.4) is 0 Å². The number of thioether (sulfide) groups is 1. The lowest BCUT2D eigenvalue weighted by Crippen LogP contribution is -1.98. The molecule has 0 unspecified atom stereocenters. The summed E-state index contributed by atoms with van der Waals surface area (Å²) in [5.41, 5.74) is 7.29. The normalized spacial score (nSPS) is 9.92. The standard InChI is InChI=1S/C9H11NO2S/c1-6-2-3-7(10)4-8(6)13-5-9(11)12/h2-4H,5,10H2,1H3,(H,11,12). The van der Waals surface area contributed by atoms with Crippen LogP contribution < -0.4 is 5.73 Å². The van der Waals surface area contributed by atoms with E-state index in [2.05, 4.69) is 0 Å². The molecule has 0 aliphatic carbocycles. The van der Waals surface area contributed by atoms with Crippen molar-refractivity contribution in [3.8, 4) is 0 Å². The fourth-order valence-electron chi connectivity index (χ4n) is 0.912. The maximum atomic E-state index is 10.3. The van der Waals surface area contributed by atoms with Gasteiger partial charge in [0.05, 0.1) is 5.75 Å². The number of hydrogen-bond donors (Lipinski definition) is 2.